The third-order valence-corrected chi connectivity index (χ3v) is 7.93. The molecule has 1 aromatic heterocycles. The molecule has 1 aromatic rings. The van der Waals surface area contributed by atoms with Gasteiger partial charge >= 0.3 is 0 Å². The van der Waals surface area contributed by atoms with E-state index >= 15 is 0 Å². The summed E-state index contributed by atoms with van der Waals surface area (Å²) < 4.78 is 31.7. The molecule has 2 atom stereocenters. The minimum absolute atomic E-state index is 0. The molecule has 4 rings (SSSR count). The highest BCUT2D eigenvalue weighted by Gasteiger charge is 2.37. The Balaban J connectivity index is 0.00000210. The van der Waals surface area contributed by atoms with Crippen molar-refractivity contribution in [2.45, 2.75) is 52.1 Å². The highest BCUT2D eigenvalue weighted by molar-refractivity contribution is 7.86. The highest BCUT2D eigenvalue weighted by atomic mass is 35.5. The van der Waals surface area contributed by atoms with Crippen molar-refractivity contribution in [1.29, 1.82) is 0 Å². The molecule has 8 nitrogen and oxygen atoms in total. The Labute approximate surface area is 168 Å². The van der Waals surface area contributed by atoms with Crippen molar-refractivity contribution >= 4 is 22.6 Å². The molecule has 0 saturated carbocycles. The number of hydrogen-bond donors (Lipinski definition) is 1. The number of rotatable bonds is 3. The Morgan fingerprint density at radius 3 is 2.33 bits per heavy atom. The average Bonchev–Trinajstić information content (AvgIpc) is 3.05. The second-order valence-electron chi connectivity index (χ2n) is 8.25. The molecule has 2 fully saturated rings. The molecule has 3 aliphatic heterocycles. The first-order valence-electron chi connectivity index (χ1n) is 9.83. The van der Waals surface area contributed by atoms with E-state index in [2.05, 4.69) is 33.9 Å². The second-order valence-corrected chi connectivity index (χ2v) is 10.2. The van der Waals surface area contributed by atoms with Gasteiger partial charge < -0.3 is 9.88 Å². The molecule has 0 spiro atoms. The summed E-state index contributed by atoms with van der Waals surface area (Å²) in [6.45, 7) is 9.36. The van der Waals surface area contributed by atoms with Gasteiger partial charge in [-0.05, 0) is 31.1 Å². The van der Waals surface area contributed by atoms with Crippen molar-refractivity contribution in [2.24, 2.45) is 11.8 Å². The number of aromatic nitrogens is 3. The standard InChI is InChI=1S/C17H30N6O2S.ClH/c1-13-9-14(2)12-22(11-13)26(24,25)21-6-3-15(4-7-21)17-20-19-16-10-18-5-8-23(16)17;/h13-15,18H,3-12H2,1-2H3;1H. The lowest BCUT2D eigenvalue weighted by molar-refractivity contribution is 0.201. The summed E-state index contributed by atoms with van der Waals surface area (Å²) in [5.74, 6) is 3.21. The van der Waals surface area contributed by atoms with E-state index in [9.17, 15) is 8.42 Å². The van der Waals surface area contributed by atoms with Gasteiger partial charge in [-0.25, -0.2) is 0 Å². The van der Waals surface area contributed by atoms with Crippen LogP contribution in [0.15, 0.2) is 0 Å². The quantitative estimate of drug-likeness (QED) is 0.797. The van der Waals surface area contributed by atoms with Gasteiger partial charge in [-0.2, -0.15) is 17.0 Å². The monoisotopic (exact) mass is 418 g/mol. The zero-order valence-corrected chi connectivity index (χ0v) is 17.8. The van der Waals surface area contributed by atoms with Crippen LogP contribution in [0.25, 0.3) is 0 Å². The minimum atomic E-state index is -3.35. The fourth-order valence-electron chi connectivity index (χ4n) is 4.72. The summed E-state index contributed by atoms with van der Waals surface area (Å²) in [5, 5.41) is 12.0. The van der Waals surface area contributed by atoms with Crippen LogP contribution in [0.4, 0.5) is 0 Å². The Kier molecular flexibility index (Phi) is 6.47. The number of halogens is 1. The summed E-state index contributed by atoms with van der Waals surface area (Å²) in [5.41, 5.74) is 0. The first kappa shape index (κ1) is 21.0. The molecule has 1 N–H and O–H groups in total. The van der Waals surface area contributed by atoms with Crippen LogP contribution in [0, 0.1) is 11.8 Å². The van der Waals surface area contributed by atoms with Gasteiger partial charge in [0.1, 0.15) is 11.6 Å². The molecule has 0 aromatic carbocycles. The zero-order valence-electron chi connectivity index (χ0n) is 16.2. The van der Waals surface area contributed by atoms with Crippen molar-refractivity contribution in [3.8, 4) is 0 Å². The highest BCUT2D eigenvalue weighted by Crippen LogP contribution is 2.31. The van der Waals surface area contributed by atoms with Gasteiger partial charge in [0.15, 0.2) is 0 Å². The van der Waals surface area contributed by atoms with E-state index in [0.29, 0.717) is 43.9 Å². The molecule has 3 aliphatic rings. The number of nitrogens with one attached hydrogen (secondary N) is 1. The van der Waals surface area contributed by atoms with Crippen LogP contribution in [0.3, 0.4) is 0 Å². The lowest BCUT2D eigenvalue weighted by Crippen LogP contribution is -2.51. The van der Waals surface area contributed by atoms with Crippen LogP contribution in [0.5, 0.6) is 0 Å². The van der Waals surface area contributed by atoms with E-state index < -0.39 is 10.2 Å². The van der Waals surface area contributed by atoms with E-state index in [1.807, 2.05) is 0 Å². The SMILES string of the molecule is CC1CC(C)CN(S(=O)(=O)N2CCC(c3nnc4n3CCNC4)CC2)C1.Cl. The molecule has 0 amide bonds. The second kappa shape index (κ2) is 8.32. The smallest absolute Gasteiger partial charge is 0.281 e. The van der Waals surface area contributed by atoms with Crippen LogP contribution in [-0.4, -0.2) is 64.5 Å². The summed E-state index contributed by atoms with van der Waals surface area (Å²) in [6.07, 6.45) is 2.76. The molecule has 2 unspecified atom stereocenters. The van der Waals surface area contributed by atoms with Gasteiger partial charge in [0.2, 0.25) is 0 Å². The zero-order chi connectivity index (χ0) is 18.3. The first-order chi connectivity index (χ1) is 12.4. The van der Waals surface area contributed by atoms with E-state index in [0.717, 1.165) is 50.5 Å². The maximum absolute atomic E-state index is 13.1. The van der Waals surface area contributed by atoms with Crippen LogP contribution >= 0.6 is 12.4 Å². The van der Waals surface area contributed by atoms with Crippen molar-refractivity contribution in [2.75, 3.05) is 32.7 Å². The van der Waals surface area contributed by atoms with Crippen LogP contribution in [0.2, 0.25) is 0 Å². The number of piperidine rings is 2. The lowest BCUT2D eigenvalue weighted by Gasteiger charge is -2.39. The summed E-state index contributed by atoms with van der Waals surface area (Å²) in [4.78, 5) is 0. The predicted molar refractivity (Wildman–Crippen MR) is 106 cm³/mol. The Hall–Kier alpha value is -0.740. The number of fused-ring (bicyclic) bond motifs is 1. The molecule has 154 valence electrons. The van der Waals surface area contributed by atoms with Gasteiger partial charge in [-0.1, -0.05) is 13.8 Å². The van der Waals surface area contributed by atoms with Crippen molar-refractivity contribution in [3.63, 3.8) is 0 Å². The molecule has 0 aliphatic carbocycles. The van der Waals surface area contributed by atoms with E-state index in [-0.39, 0.29) is 12.4 Å². The molecule has 4 heterocycles. The lowest BCUT2D eigenvalue weighted by atomic mass is 9.94. The van der Waals surface area contributed by atoms with Crippen LogP contribution in [-0.2, 0) is 23.3 Å². The van der Waals surface area contributed by atoms with Crippen molar-refractivity contribution < 1.29 is 8.42 Å². The Morgan fingerprint density at radius 1 is 1.00 bits per heavy atom. The van der Waals surface area contributed by atoms with Gasteiger partial charge in [0.05, 0.1) is 6.54 Å². The third kappa shape index (κ3) is 4.17. The van der Waals surface area contributed by atoms with E-state index in [1.54, 1.807) is 8.61 Å². The fraction of sp³-hybridized carbons (Fsp3) is 0.882. The molecule has 27 heavy (non-hydrogen) atoms. The molecule has 0 radical (unpaired) electrons. The summed E-state index contributed by atoms with van der Waals surface area (Å²) in [6, 6.07) is 0. The van der Waals surface area contributed by atoms with Gasteiger partial charge in [-0.3, -0.25) is 0 Å². The van der Waals surface area contributed by atoms with E-state index in [1.165, 1.54) is 0 Å². The average molecular weight is 419 g/mol. The van der Waals surface area contributed by atoms with Crippen molar-refractivity contribution in [1.82, 2.24) is 28.7 Å². The normalized spacial score (nSPS) is 28.5. The molecular formula is C17H31ClN6O2S. The summed E-state index contributed by atoms with van der Waals surface area (Å²) >= 11 is 0. The maximum atomic E-state index is 13.1. The number of hydrogen-bond acceptors (Lipinski definition) is 5. The first-order valence-corrected chi connectivity index (χ1v) is 11.2. The van der Waals surface area contributed by atoms with Crippen molar-refractivity contribution in [3.05, 3.63) is 11.6 Å². The topological polar surface area (TPSA) is 83.4 Å². The summed E-state index contributed by atoms with van der Waals surface area (Å²) in [7, 11) is -3.35. The molecular weight excluding hydrogens is 388 g/mol. The molecule has 10 heteroatoms. The van der Waals surface area contributed by atoms with Crippen LogP contribution in [0.1, 0.15) is 50.7 Å². The fourth-order valence-corrected chi connectivity index (χ4v) is 6.60. The number of nitrogens with zero attached hydrogens (tertiary/aromatic N) is 5. The Bertz CT molecular complexity index is 737. The molecule has 0 bridgehead atoms. The van der Waals surface area contributed by atoms with Gasteiger partial charge in [0, 0.05) is 45.2 Å². The van der Waals surface area contributed by atoms with E-state index in [4.69, 9.17) is 0 Å². The largest absolute Gasteiger partial charge is 0.312 e. The molecule has 2 saturated heterocycles. The van der Waals surface area contributed by atoms with Gasteiger partial charge in [-0.15, -0.1) is 22.6 Å². The van der Waals surface area contributed by atoms with Gasteiger partial charge in [0.25, 0.3) is 10.2 Å². The van der Waals surface area contributed by atoms with Crippen LogP contribution < -0.4 is 5.32 Å². The maximum Gasteiger partial charge on any atom is 0.281 e. The minimum Gasteiger partial charge on any atom is -0.312 e. The predicted octanol–water partition coefficient (Wildman–Crippen LogP) is 1.21. The third-order valence-electron chi connectivity index (χ3n) is 5.96. The Morgan fingerprint density at radius 2 is 1.67 bits per heavy atom.